The highest BCUT2D eigenvalue weighted by molar-refractivity contribution is 6.30. The van der Waals surface area contributed by atoms with Gasteiger partial charge in [0.15, 0.2) is 0 Å². The molecule has 0 aromatic heterocycles. The molecule has 2 amide bonds. The highest BCUT2D eigenvalue weighted by Gasteiger charge is 2.42. The third-order valence-corrected chi connectivity index (χ3v) is 5.57. The van der Waals surface area contributed by atoms with Gasteiger partial charge in [-0.25, -0.2) is 18.5 Å². The van der Waals surface area contributed by atoms with Gasteiger partial charge in [-0.1, -0.05) is 60.1 Å². The van der Waals surface area contributed by atoms with Crippen LogP contribution in [0.4, 0.5) is 13.6 Å². The van der Waals surface area contributed by atoms with Crippen molar-refractivity contribution in [2.75, 3.05) is 6.61 Å². The predicted octanol–water partition coefficient (Wildman–Crippen LogP) is 5.66. The molecule has 1 aliphatic rings. The Bertz CT molecular complexity index is 1120. The van der Waals surface area contributed by atoms with Crippen molar-refractivity contribution >= 4 is 23.6 Å². The molecule has 4 nitrogen and oxygen atoms in total. The van der Waals surface area contributed by atoms with E-state index in [1.807, 2.05) is 6.07 Å². The summed E-state index contributed by atoms with van der Waals surface area (Å²) in [5, 5.41) is -0.0374. The lowest BCUT2D eigenvalue weighted by molar-refractivity contribution is -0.130. The molecule has 0 N–H and O–H groups in total. The zero-order valence-electron chi connectivity index (χ0n) is 16.3. The van der Waals surface area contributed by atoms with Gasteiger partial charge in [0.25, 0.3) is 0 Å². The van der Waals surface area contributed by atoms with Crippen molar-refractivity contribution in [1.29, 1.82) is 0 Å². The van der Waals surface area contributed by atoms with Crippen molar-refractivity contribution in [2.24, 2.45) is 0 Å². The predicted molar refractivity (Wildman–Crippen MR) is 112 cm³/mol. The monoisotopic (exact) mass is 441 g/mol. The minimum Gasteiger partial charge on any atom is -0.446 e. The lowest BCUT2D eigenvalue weighted by Crippen LogP contribution is -2.38. The first-order valence-electron chi connectivity index (χ1n) is 9.68. The van der Waals surface area contributed by atoms with Crippen LogP contribution in [0.15, 0.2) is 72.8 Å². The number of carbonyl (C=O) groups is 2. The van der Waals surface area contributed by atoms with E-state index in [4.69, 9.17) is 16.3 Å². The number of imide groups is 1. The Balaban J connectivity index is 1.72. The maximum Gasteiger partial charge on any atom is 0.417 e. The maximum absolute atomic E-state index is 14.0. The average Bonchev–Trinajstić information content (AvgIpc) is 3.16. The van der Waals surface area contributed by atoms with Crippen LogP contribution in [0, 0.1) is 11.6 Å². The second kappa shape index (κ2) is 8.86. The van der Waals surface area contributed by atoms with Crippen LogP contribution in [0.3, 0.4) is 0 Å². The Morgan fingerprint density at radius 1 is 1.06 bits per heavy atom. The molecule has 0 spiro atoms. The van der Waals surface area contributed by atoms with Crippen LogP contribution in [0.1, 0.15) is 28.7 Å². The standard InChI is InChI=1S/C24H18ClF2NO3/c25-20-10-9-15(12-21(20)27)11-19(17-7-4-8-18(26)13-17)23(29)28-22(14-31-24(28)30)16-5-2-1-3-6-16/h1-10,12-13,19,22H,11,14H2/t19-,22-/m1/s1. The van der Waals surface area contributed by atoms with Crippen LogP contribution in [-0.4, -0.2) is 23.5 Å². The quantitative estimate of drug-likeness (QED) is 0.513. The Labute approximate surface area is 183 Å². The van der Waals surface area contributed by atoms with E-state index in [1.54, 1.807) is 36.4 Å². The lowest BCUT2D eigenvalue weighted by Gasteiger charge is -2.25. The highest BCUT2D eigenvalue weighted by Crippen LogP contribution is 2.33. The van der Waals surface area contributed by atoms with Gasteiger partial charge >= 0.3 is 6.09 Å². The number of ether oxygens (including phenoxy) is 1. The summed E-state index contributed by atoms with van der Waals surface area (Å²) in [6, 6.07) is 18.3. The van der Waals surface area contributed by atoms with Gasteiger partial charge in [0, 0.05) is 0 Å². The van der Waals surface area contributed by atoms with Crippen LogP contribution < -0.4 is 0 Å². The van der Waals surface area contributed by atoms with Crippen LogP contribution in [0.2, 0.25) is 5.02 Å². The van der Waals surface area contributed by atoms with Crippen LogP contribution >= 0.6 is 11.6 Å². The van der Waals surface area contributed by atoms with Crippen molar-refractivity contribution in [3.63, 3.8) is 0 Å². The first-order valence-corrected chi connectivity index (χ1v) is 10.1. The molecule has 2 atom stereocenters. The van der Waals surface area contributed by atoms with E-state index in [9.17, 15) is 18.4 Å². The molecule has 1 fully saturated rings. The average molecular weight is 442 g/mol. The molecule has 0 unspecified atom stereocenters. The number of nitrogens with zero attached hydrogens (tertiary/aromatic N) is 1. The zero-order valence-corrected chi connectivity index (χ0v) is 17.1. The minimum absolute atomic E-state index is 0.0278. The molecule has 1 heterocycles. The van der Waals surface area contributed by atoms with Crippen molar-refractivity contribution in [3.05, 3.63) is 106 Å². The third-order valence-electron chi connectivity index (χ3n) is 5.27. The molecule has 1 saturated heterocycles. The third kappa shape index (κ3) is 4.44. The van der Waals surface area contributed by atoms with Crippen LogP contribution in [0.25, 0.3) is 0 Å². The summed E-state index contributed by atoms with van der Waals surface area (Å²) in [5.74, 6) is -2.60. The van der Waals surface area contributed by atoms with E-state index < -0.39 is 35.6 Å². The number of benzene rings is 3. The fourth-order valence-corrected chi connectivity index (χ4v) is 3.84. The van der Waals surface area contributed by atoms with Crippen LogP contribution in [-0.2, 0) is 16.0 Å². The number of rotatable bonds is 5. The molecule has 31 heavy (non-hydrogen) atoms. The number of amides is 2. The topological polar surface area (TPSA) is 46.6 Å². The molecule has 4 rings (SSSR count). The molecule has 3 aromatic carbocycles. The van der Waals surface area contributed by atoms with E-state index in [-0.39, 0.29) is 18.1 Å². The second-order valence-electron chi connectivity index (χ2n) is 7.27. The smallest absolute Gasteiger partial charge is 0.417 e. The number of halogens is 3. The molecular formula is C24H18ClF2NO3. The van der Waals surface area contributed by atoms with Crippen molar-refractivity contribution < 1.29 is 23.1 Å². The van der Waals surface area contributed by atoms with E-state index in [1.165, 1.54) is 30.3 Å². The Kier molecular flexibility index (Phi) is 6.00. The first kappa shape index (κ1) is 21.0. The molecule has 158 valence electrons. The molecule has 0 saturated carbocycles. The largest absolute Gasteiger partial charge is 0.446 e. The molecule has 0 aliphatic carbocycles. The number of cyclic esters (lactones) is 1. The SMILES string of the molecule is O=C1OC[C@H](c2ccccc2)N1C(=O)[C@H](Cc1ccc(Cl)c(F)c1)c1cccc(F)c1. The van der Waals surface area contributed by atoms with Crippen molar-refractivity contribution in [2.45, 2.75) is 18.4 Å². The lowest BCUT2D eigenvalue weighted by atomic mass is 9.90. The summed E-state index contributed by atoms with van der Waals surface area (Å²) < 4.78 is 33.1. The summed E-state index contributed by atoms with van der Waals surface area (Å²) in [4.78, 5) is 27.1. The minimum atomic E-state index is -0.923. The Morgan fingerprint density at radius 2 is 1.84 bits per heavy atom. The van der Waals surface area contributed by atoms with Gasteiger partial charge in [-0.05, 0) is 47.4 Å². The second-order valence-corrected chi connectivity index (χ2v) is 7.68. The maximum atomic E-state index is 14.0. The van der Waals surface area contributed by atoms with Gasteiger partial charge in [0.1, 0.15) is 24.3 Å². The fraction of sp³-hybridized carbons (Fsp3) is 0.167. The van der Waals surface area contributed by atoms with Gasteiger partial charge in [0.2, 0.25) is 5.91 Å². The molecule has 3 aromatic rings. The fourth-order valence-electron chi connectivity index (χ4n) is 3.73. The van der Waals surface area contributed by atoms with Crippen molar-refractivity contribution in [1.82, 2.24) is 4.90 Å². The summed E-state index contributed by atoms with van der Waals surface area (Å²) in [7, 11) is 0. The normalized spacial score (nSPS) is 16.8. The van der Waals surface area contributed by atoms with Gasteiger partial charge in [0.05, 0.1) is 10.9 Å². The molecular weight excluding hydrogens is 424 g/mol. The summed E-state index contributed by atoms with van der Waals surface area (Å²) in [5.41, 5.74) is 1.62. The van der Waals surface area contributed by atoms with E-state index in [0.29, 0.717) is 11.1 Å². The van der Waals surface area contributed by atoms with Gasteiger partial charge in [-0.2, -0.15) is 0 Å². The number of hydrogen-bond acceptors (Lipinski definition) is 3. The summed E-state index contributed by atoms with van der Waals surface area (Å²) in [6.45, 7) is 0.0278. The van der Waals surface area contributed by atoms with Crippen LogP contribution in [0.5, 0.6) is 0 Å². The molecule has 0 bridgehead atoms. The number of carbonyl (C=O) groups excluding carboxylic acids is 2. The summed E-state index contributed by atoms with van der Waals surface area (Å²) in [6.07, 6.45) is -0.704. The molecule has 7 heteroatoms. The van der Waals surface area contributed by atoms with Gasteiger partial charge < -0.3 is 4.74 Å². The zero-order chi connectivity index (χ0) is 22.0. The summed E-state index contributed by atoms with van der Waals surface area (Å²) >= 11 is 5.77. The van der Waals surface area contributed by atoms with E-state index >= 15 is 0 Å². The highest BCUT2D eigenvalue weighted by atomic mass is 35.5. The van der Waals surface area contributed by atoms with Gasteiger partial charge in [-0.15, -0.1) is 0 Å². The van der Waals surface area contributed by atoms with Gasteiger partial charge in [-0.3, -0.25) is 4.79 Å². The first-order chi connectivity index (χ1) is 14.9. The Hall–Kier alpha value is -3.25. The van der Waals surface area contributed by atoms with E-state index in [2.05, 4.69) is 0 Å². The Morgan fingerprint density at radius 3 is 2.55 bits per heavy atom. The van der Waals surface area contributed by atoms with E-state index in [0.717, 1.165) is 10.5 Å². The molecule has 0 radical (unpaired) electrons. The molecule has 1 aliphatic heterocycles. The number of hydrogen-bond donors (Lipinski definition) is 0. The van der Waals surface area contributed by atoms with Crippen molar-refractivity contribution in [3.8, 4) is 0 Å².